The highest BCUT2D eigenvalue weighted by atomic mass is 28.3. The molecule has 1 aliphatic rings. The van der Waals surface area contributed by atoms with Crippen LogP contribution in [0.3, 0.4) is 0 Å². The molecule has 0 unspecified atom stereocenters. The summed E-state index contributed by atoms with van der Waals surface area (Å²) in [5, 5.41) is 6.16. The molecule has 2 heterocycles. The molecular formula is C34H49FN4O2Si2. The summed E-state index contributed by atoms with van der Waals surface area (Å²) in [4.78, 5) is 5.14. The van der Waals surface area contributed by atoms with Crippen LogP contribution in [0.5, 0.6) is 0 Å². The molecule has 0 spiro atoms. The van der Waals surface area contributed by atoms with E-state index in [-0.39, 0.29) is 5.82 Å². The summed E-state index contributed by atoms with van der Waals surface area (Å²) in [5.74, 6) is 0.689. The lowest BCUT2D eigenvalue weighted by Crippen LogP contribution is -2.22. The van der Waals surface area contributed by atoms with Gasteiger partial charge in [0.1, 0.15) is 25.0 Å². The van der Waals surface area contributed by atoms with E-state index in [2.05, 4.69) is 69.0 Å². The number of hydrogen-bond donors (Lipinski definition) is 0. The average Bonchev–Trinajstić information content (AvgIpc) is 3.62. The standard InChI is InChI=1S/C34H49FN4O2Si2/c1-9-25-19-24(2)29(35)21-28(25)26-13-14-27-32(20-26)39(23-41-16-18-43(6,7)8)37-33(27)34-36-30-11-10-12-31(30)38(34)22-40-15-17-42(3,4)5/h13-14,19-21H,9-12,15-18,22-23H2,1-8H3. The molecule has 0 radical (unpaired) electrons. The molecule has 0 saturated carbocycles. The van der Waals surface area contributed by atoms with E-state index in [0.29, 0.717) is 25.6 Å². The van der Waals surface area contributed by atoms with Crippen LogP contribution in [0.15, 0.2) is 30.3 Å². The lowest BCUT2D eigenvalue weighted by molar-refractivity contribution is 0.0815. The molecule has 0 N–H and O–H groups in total. The Hall–Kier alpha value is -2.60. The lowest BCUT2D eigenvalue weighted by Gasteiger charge is -2.16. The second-order valence-electron chi connectivity index (χ2n) is 14.5. The molecule has 232 valence electrons. The molecule has 0 saturated heterocycles. The van der Waals surface area contributed by atoms with Gasteiger partial charge in [0.25, 0.3) is 0 Å². The first-order chi connectivity index (χ1) is 20.3. The smallest absolute Gasteiger partial charge is 0.163 e. The third-order valence-corrected chi connectivity index (χ3v) is 11.9. The van der Waals surface area contributed by atoms with Crippen LogP contribution in [0.2, 0.25) is 51.4 Å². The van der Waals surface area contributed by atoms with Crippen LogP contribution < -0.4 is 0 Å². The Morgan fingerprint density at radius 2 is 1.60 bits per heavy atom. The first-order valence-electron chi connectivity index (χ1n) is 15.9. The number of aromatic nitrogens is 4. The van der Waals surface area contributed by atoms with Gasteiger partial charge in [-0.2, -0.15) is 5.10 Å². The molecule has 2 aromatic heterocycles. The van der Waals surface area contributed by atoms with E-state index in [1.807, 2.05) is 17.7 Å². The number of rotatable bonds is 13. The minimum absolute atomic E-state index is 0.179. The number of benzene rings is 2. The number of nitrogens with zero attached hydrogens (tertiary/aromatic N) is 4. The third-order valence-electron chi connectivity index (χ3n) is 8.45. The van der Waals surface area contributed by atoms with E-state index in [4.69, 9.17) is 19.6 Å². The SMILES string of the molecule is CCc1cc(C)c(F)cc1-c1ccc2c(-c3nc4c(n3COCC[Si](C)(C)C)CCC4)nn(COCC[Si](C)(C)C)c2c1. The van der Waals surface area contributed by atoms with Crippen LogP contribution >= 0.6 is 0 Å². The van der Waals surface area contributed by atoms with Gasteiger partial charge in [0.05, 0.1) is 11.2 Å². The molecule has 0 atom stereocenters. The second kappa shape index (κ2) is 12.8. The summed E-state index contributed by atoms with van der Waals surface area (Å²) in [7, 11) is -2.41. The van der Waals surface area contributed by atoms with Crippen molar-refractivity contribution in [3.05, 3.63) is 58.7 Å². The Bertz CT molecular complexity index is 1600. The minimum atomic E-state index is -1.22. The van der Waals surface area contributed by atoms with E-state index in [9.17, 15) is 4.39 Å². The zero-order valence-electron chi connectivity index (χ0n) is 27.4. The van der Waals surface area contributed by atoms with Gasteiger partial charge in [0.2, 0.25) is 0 Å². The van der Waals surface area contributed by atoms with Crippen molar-refractivity contribution < 1.29 is 13.9 Å². The fourth-order valence-electron chi connectivity index (χ4n) is 5.73. The zero-order chi connectivity index (χ0) is 30.9. The predicted molar refractivity (Wildman–Crippen MR) is 181 cm³/mol. The van der Waals surface area contributed by atoms with E-state index < -0.39 is 16.1 Å². The van der Waals surface area contributed by atoms with Crippen molar-refractivity contribution >= 4 is 27.1 Å². The van der Waals surface area contributed by atoms with Crippen LogP contribution in [-0.4, -0.2) is 48.7 Å². The molecule has 6 nitrogen and oxygen atoms in total. The van der Waals surface area contributed by atoms with Gasteiger partial charge >= 0.3 is 0 Å². The largest absolute Gasteiger partial charge is 0.361 e. The van der Waals surface area contributed by atoms with Crippen molar-refractivity contribution in [1.82, 2.24) is 19.3 Å². The molecule has 43 heavy (non-hydrogen) atoms. The Balaban J connectivity index is 1.56. The zero-order valence-corrected chi connectivity index (χ0v) is 29.4. The van der Waals surface area contributed by atoms with Crippen molar-refractivity contribution in [2.75, 3.05) is 13.2 Å². The Labute approximate surface area is 258 Å². The van der Waals surface area contributed by atoms with Crippen molar-refractivity contribution in [3.63, 3.8) is 0 Å². The van der Waals surface area contributed by atoms with Crippen LogP contribution in [0.4, 0.5) is 4.39 Å². The monoisotopic (exact) mass is 620 g/mol. The molecule has 2 aromatic carbocycles. The number of aryl methyl sites for hydroxylation is 3. The molecular weight excluding hydrogens is 572 g/mol. The molecule has 0 bridgehead atoms. The summed E-state index contributed by atoms with van der Waals surface area (Å²) < 4.78 is 31.4. The normalized spacial score (nSPS) is 13.8. The third kappa shape index (κ3) is 7.38. The van der Waals surface area contributed by atoms with Crippen LogP contribution in [0.25, 0.3) is 33.5 Å². The summed E-state index contributed by atoms with van der Waals surface area (Å²) in [6.07, 6.45) is 3.97. The van der Waals surface area contributed by atoms with Crippen molar-refractivity contribution in [1.29, 1.82) is 0 Å². The Morgan fingerprint density at radius 1 is 0.907 bits per heavy atom. The van der Waals surface area contributed by atoms with Gasteiger partial charge in [-0.15, -0.1) is 0 Å². The molecule has 9 heteroatoms. The molecule has 0 fully saturated rings. The van der Waals surface area contributed by atoms with E-state index in [1.54, 1.807) is 6.07 Å². The summed E-state index contributed by atoms with van der Waals surface area (Å²) in [5.41, 5.74) is 7.99. The predicted octanol–water partition coefficient (Wildman–Crippen LogP) is 8.69. The Kier molecular flexibility index (Phi) is 9.46. The molecule has 4 aromatic rings. The van der Waals surface area contributed by atoms with E-state index >= 15 is 0 Å². The number of halogens is 1. The minimum Gasteiger partial charge on any atom is -0.361 e. The van der Waals surface area contributed by atoms with Gasteiger partial charge in [0, 0.05) is 40.4 Å². The first-order valence-corrected chi connectivity index (χ1v) is 23.3. The van der Waals surface area contributed by atoms with Crippen molar-refractivity contribution in [2.45, 2.75) is 104 Å². The van der Waals surface area contributed by atoms with Gasteiger partial charge in [-0.3, -0.25) is 0 Å². The van der Waals surface area contributed by atoms with Gasteiger partial charge in [-0.25, -0.2) is 14.1 Å². The van der Waals surface area contributed by atoms with Crippen LogP contribution in [-0.2, 0) is 42.2 Å². The van der Waals surface area contributed by atoms with Crippen molar-refractivity contribution in [2.24, 2.45) is 0 Å². The van der Waals surface area contributed by atoms with Gasteiger partial charge in [-0.1, -0.05) is 58.3 Å². The topological polar surface area (TPSA) is 54.1 Å². The fraction of sp³-hybridized carbons (Fsp3) is 0.529. The highest BCUT2D eigenvalue weighted by molar-refractivity contribution is 6.76. The van der Waals surface area contributed by atoms with Gasteiger partial charge in [-0.05, 0) is 85.1 Å². The summed E-state index contributed by atoms with van der Waals surface area (Å²) in [6, 6.07) is 12.2. The van der Waals surface area contributed by atoms with E-state index in [0.717, 1.165) is 89.2 Å². The number of imidazole rings is 1. The maximum absolute atomic E-state index is 14.8. The maximum atomic E-state index is 14.8. The van der Waals surface area contributed by atoms with Gasteiger partial charge < -0.3 is 14.0 Å². The summed E-state index contributed by atoms with van der Waals surface area (Å²) >= 11 is 0. The van der Waals surface area contributed by atoms with Gasteiger partial charge in [0.15, 0.2) is 5.82 Å². The van der Waals surface area contributed by atoms with Crippen LogP contribution in [0.1, 0.15) is 35.9 Å². The molecule has 5 rings (SSSR count). The molecule has 0 amide bonds. The maximum Gasteiger partial charge on any atom is 0.163 e. The van der Waals surface area contributed by atoms with Crippen LogP contribution in [0, 0.1) is 12.7 Å². The quantitative estimate of drug-likeness (QED) is 0.111. The van der Waals surface area contributed by atoms with E-state index in [1.165, 1.54) is 5.69 Å². The Morgan fingerprint density at radius 3 is 2.28 bits per heavy atom. The highest BCUT2D eigenvalue weighted by Crippen LogP contribution is 2.36. The second-order valence-corrected chi connectivity index (χ2v) is 25.7. The molecule has 1 aliphatic carbocycles. The number of ether oxygens (including phenoxy) is 2. The fourth-order valence-corrected chi connectivity index (χ4v) is 7.24. The first kappa shape index (κ1) is 31.8. The van der Waals surface area contributed by atoms with Crippen molar-refractivity contribution in [3.8, 4) is 22.6 Å². The molecule has 0 aliphatic heterocycles. The lowest BCUT2D eigenvalue weighted by atomic mass is 9.95. The average molecular weight is 621 g/mol. The summed E-state index contributed by atoms with van der Waals surface area (Å²) in [6.45, 7) is 20.5. The highest BCUT2D eigenvalue weighted by Gasteiger charge is 2.26. The number of hydrogen-bond acceptors (Lipinski definition) is 4. The number of fused-ring (bicyclic) bond motifs is 2.